The van der Waals surface area contributed by atoms with Crippen molar-refractivity contribution in [3.63, 3.8) is 0 Å². The lowest BCUT2D eigenvalue weighted by atomic mass is 9.81. The zero-order chi connectivity index (χ0) is 24.6. The fourth-order valence-electron chi connectivity index (χ4n) is 5.66. The number of alkyl carbamates (subject to hydrolysis) is 1. The van der Waals surface area contributed by atoms with Crippen LogP contribution in [0.15, 0.2) is 47.2 Å². The van der Waals surface area contributed by atoms with Crippen LogP contribution in [0.25, 0.3) is 0 Å². The Hall–Kier alpha value is -2.87. The van der Waals surface area contributed by atoms with Crippen molar-refractivity contribution in [1.82, 2.24) is 10.4 Å². The molecule has 35 heavy (non-hydrogen) atoms. The number of fused-ring (bicyclic) bond motifs is 3. The SMILES string of the molecule is CC(C)(C)OC(=O)NCC1=CC([C@@H]2CC3(CC3)[C@@H]3CCC2C(=O)N3OCc2ccccc2)=NCO1. The van der Waals surface area contributed by atoms with Crippen LogP contribution in [0.2, 0.25) is 0 Å². The second kappa shape index (κ2) is 9.30. The predicted octanol–water partition coefficient (Wildman–Crippen LogP) is 4.36. The Morgan fingerprint density at radius 1 is 1.20 bits per heavy atom. The van der Waals surface area contributed by atoms with E-state index in [9.17, 15) is 9.59 Å². The summed E-state index contributed by atoms with van der Waals surface area (Å²) >= 11 is 0. The molecular formula is C27H35N3O5. The van der Waals surface area contributed by atoms with Gasteiger partial charge in [0.1, 0.15) is 18.0 Å². The lowest BCUT2D eigenvalue weighted by molar-refractivity contribution is -0.223. The first-order valence-corrected chi connectivity index (χ1v) is 12.6. The summed E-state index contributed by atoms with van der Waals surface area (Å²) in [5.41, 5.74) is 1.49. The van der Waals surface area contributed by atoms with Crippen LogP contribution in [0.3, 0.4) is 0 Å². The number of hydrogen-bond donors (Lipinski definition) is 1. The number of hydrogen-bond acceptors (Lipinski definition) is 6. The van der Waals surface area contributed by atoms with Gasteiger partial charge in [-0.25, -0.2) is 14.9 Å². The fraction of sp³-hybridized carbons (Fsp3) is 0.593. The maximum Gasteiger partial charge on any atom is 0.408 e. The van der Waals surface area contributed by atoms with E-state index in [2.05, 4.69) is 10.3 Å². The molecular weight excluding hydrogens is 446 g/mol. The van der Waals surface area contributed by atoms with Crippen molar-refractivity contribution >= 4 is 17.7 Å². The van der Waals surface area contributed by atoms with Gasteiger partial charge in [0.15, 0.2) is 6.73 Å². The van der Waals surface area contributed by atoms with Gasteiger partial charge in [-0.3, -0.25) is 9.63 Å². The Labute approximate surface area is 206 Å². The molecule has 4 fully saturated rings. The third-order valence-electron chi connectivity index (χ3n) is 7.48. The predicted molar refractivity (Wildman–Crippen MR) is 130 cm³/mol. The zero-order valence-corrected chi connectivity index (χ0v) is 20.8. The van der Waals surface area contributed by atoms with Gasteiger partial charge in [-0.15, -0.1) is 0 Å². The molecule has 1 unspecified atom stereocenters. The van der Waals surface area contributed by atoms with E-state index < -0.39 is 11.7 Å². The maximum absolute atomic E-state index is 13.6. The third kappa shape index (κ3) is 5.22. The Morgan fingerprint density at radius 3 is 2.69 bits per heavy atom. The van der Waals surface area contributed by atoms with Crippen LogP contribution in [-0.4, -0.2) is 47.7 Å². The van der Waals surface area contributed by atoms with Gasteiger partial charge in [0.05, 0.1) is 12.6 Å². The number of nitrogens with zero attached hydrogens (tertiary/aromatic N) is 2. The summed E-state index contributed by atoms with van der Waals surface area (Å²) < 4.78 is 11.0. The highest BCUT2D eigenvalue weighted by atomic mass is 16.7. The molecule has 2 saturated heterocycles. The van der Waals surface area contributed by atoms with E-state index in [4.69, 9.17) is 14.3 Å². The third-order valence-corrected chi connectivity index (χ3v) is 7.48. The second-order valence-electron chi connectivity index (χ2n) is 11.1. The van der Waals surface area contributed by atoms with Crippen molar-refractivity contribution in [1.29, 1.82) is 0 Å². The largest absolute Gasteiger partial charge is 0.474 e. The minimum absolute atomic E-state index is 0.0285. The van der Waals surface area contributed by atoms with E-state index in [1.165, 1.54) is 0 Å². The van der Waals surface area contributed by atoms with E-state index in [1.807, 2.05) is 57.2 Å². The van der Waals surface area contributed by atoms with Crippen molar-refractivity contribution in [2.24, 2.45) is 22.2 Å². The molecule has 1 aromatic carbocycles. The number of hydroxylamine groups is 2. The van der Waals surface area contributed by atoms with Gasteiger partial charge < -0.3 is 14.8 Å². The summed E-state index contributed by atoms with van der Waals surface area (Å²) in [5.74, 6) is 0.576. The Bertz CT molecular complexity index is 1030. The van der Waals surface area contributed by atoms with Gasteiger partial charge in [-0.1, -0.05) is 30.3 Å². The van der Waals surface area contributed by atoms with Crippen LogP contribution in [-0.2, 0) is 25.7 Å². The van der Waals surface area contributed by atoms with Crippen LogP contribution in [0.1, 0.15) is 58.4 Å². The second-order valence-corrected chi connectivity index (χ2v) is 11.1. The standard InChI is InChI=1S/C27H35N3O5/c1-26(2,3)35-25(32)28-15-19-13-22(29-17-33-19)21-14-27(11-12-27)23-10-9-20(21)24(31)30(23)34-16-18-7-5-4-6-8-18/h4-8,13,20-21,23H,9-12,14-17H2,1-3H3,(H,28,32)/t20?,21-,23+/m1/s1. The molecule has 8 nitrogen and oxygen atoms in total. The maximum atomic E-state index is 13.6. The number of amides is 2. The van der Waals surface area contributed by atoms with Crippen molar-refractivity contribution in [3.05, 3.63) is 47.7 Å². The first-order chi connectivity index (χ1) is 16.7. The first kappa shape index (κ1) is 23.9. The Balaban J connectivity index is 1.30. The first-order valence-electron chi connectivity index (χ1n) is 12.6. The summed E-state index contributed by atoms with van der Waals surface area (Å²) in [4.78, 5) is 36.5. The van der Waals surface area contributed by atoms with Crippen LogP contribution in [0.4, 0.5) is 4.79 Å². The average molecular weight is 482 g/mol. The minimum atomic E-state index is -0.564. The summed E-state index contributed by atoms with van der Waals surface area (Å²) in [6, 6.07) is 10.1. The number of nitrogens with one attached hydrogen (secondary N) is 1. The topological polar surface area (TPSA) is 89.5 Å². The number of carbonyl (C=O) groups excluding carboxylic acids is 2. The molecule has 0 radical (unpaired) electrons. The molecule has 3 heterocycles. The number of piperidine rings is 1. The number of rotatable bonds is 6. The van der Waals surface area contributed by atoms with Crippen LogP contribution >= 0.6 is 0 Å². The van der Waals surface area contributed by atoms with E-state index in [0.717, 1.165) is 43.4 Å². The monoisotopic (exact) mass is 481 g/mol. The van der Waals surface area contributed by atoms with Gasteiger partial charge in [0.25, 0.3) is 0 Å². The van der Waals surface area contributed by atoms with Crippen molar-refractivity contribution in [3.8, 4) is 0 Å². The zero-order valence-electron chi connectivity index (χ0n) is 20.8. The molecule has 2 saturated carbocycles. The highest BCUT2D eigenvalue weighted by Crippen LogP contribution is 2.61. The molecule has 2 amide bonds. The van der Waals surface area contributed by atoms with Gasteiger partial charge in [-0.05, 0) is 69.9 Å². The number of allylic oxidation sites excluding steroid dienone is 1. The molecule has 1 N–H and O–H groups in total. The summed E-state index contributed by atoms with van der Waals surface area (Å²) in [5, 5.41) is 4.46. The molecule has 8 heteroatoms. The van der Waals surface area contributed by atoms with E-state index in [1.54, 1.807) is 5.06 Å². The minimum Gasteiger partial charge on any atom is -0.474 e. The van der Waals surface area contributed by atoms with E-state index >= 15 is 0 Å². The van der Waals surface area contributed by atoms with Gasteiger partial charge in [-0.2, -0.15) is 0 Å². The fourth-order valence-corrected chi connectivity index (χ4v) is 5.66. The Morgan fingerprint density at radius 2 is 1.97 bits per heavy atom. The number of aliphatic imine (C=N–C) groups is 1. The normalized spacial score (nSPS) is 27.0. The molecule has 188 valence electrons. The Kier molecular flexibility index (Phi) is 6.34. The van der Waals surface area contributed by atoms with Crippen molar-refractivity contribution in [2.45, 2.75) is 71.1 Å². The summed E-state index contributed by atoms with van der Waals surface area (Å²) in [7, 11) is 0. The lowest BCUT2D eigenvalue weighted by Gasteiger charge is -2.38. The number of ether oxygens (including phenoxy) is 2. The van der Waals surface area contributed by atoms with Crippen LogP contribution < -0.4 is 5.32 Å². The molecule has 2 bridgehead atoms. The van der Waals surface area contributed by atoms with Gasteiger partial charge in [0, 0.05) is 17.5 Å². The summed E-state index contributed by atoms with van der Waals surface area (Å²) in [6.45, 7) is 6.29. The molecule has 1 spiro atoms. The van der Waals surface area contributed by atoms with E-state index in [0.29, 0.717) is 12.4 Å². The molecule has 0 aromatic heterocycles. The van der Waals surface area contributed by atoms with Crippen molar-refractivity contribution in [2.75, 3.05) is 13.3 Å². The van der Waals surface area contributed by atoms with Gasteiger partial charge >= 0.3 is 6.09 Å². The molecule has 3 aliphatic heterocycles. The lowest BCUT2D eigenvalue weighted by Crippen LogP contribution is -2.49. The molecule has 2 aliphatic carbocycles. The van der Waals surface area contributed by atoms with Gasteiger partial charge in [0.2, 0.25) is 5.91 Å². The molecule has 5 aliphatic rings. The quantitative estimate of drug-likeness (QED) is 0.652. The molecule has 1 aromatic rings. The summed E-state index contributed by atoms with van der Waals surface area (Å²) in [6.07, 6.45) is 6.38. The van der Waals surface area contributed by atoms with Crippen LogP contribution in [0.5, 0.6) is 0 Å². The highest BCUT2D eigenvalue weighted by molar-refractivity contribution is 6.01. The number of carbonyl (C=O) groups is 2. The highest BCUT2D eigenvalue weighted by Gasteiger charge is 2.61. The van der Waals surface area contributed by atoms with E-state index in [-0.39, 0.29) is 42.5 Å². The average Bonchev–Trinajstić information content (AvgIpc) is 3.64. The number of benzene rings is 1. The molecule has 6 rings (SSSR count). The molecule has 3 atom stereocenters. The van der Waals surface area contributed by atoms with Crippen molar-refractivity contribution < 1.29 is 23.9 Å². The smallest absolute Gasteiger partial charge is 0.408 e. The van der Waals surface area contributed by atoms with Crippen LogP contribution in [0, 0.1) is 17.3 Å².